The van der Waals surface area contributed by atoms with E-state index in [1.165, 1.54) is 26.5 Å². The number of carbonyl (C=O) groups excluding carboxylic acids is 1. The van der Waals surface area contributed by atoms with E-state index in [1.54, 1.807) is 39.0 Å². The van der Waals surface area contributed by atoms with Gasteiger partial charge in [-0.05, 0) is 39.0 Å². The Kier molecular flexibility index (Phi) is 6.12. The number of esters is 1. The number of hydrogen-bond acceptors (Lipinski definition) is 6. The number of hydrogen-bond donors (Lipinski definition) is 1. The number of nitrogens with zero attached hydrogens (tertiary/aromatic N) is 1. The van der Waals surface area contributed by atoms with E-state index in [2.05, 4.69) is 0 Å². The molecule has 2 aromatic rings. The first-order valence-electron chi connectivity index (χ1n) is 8.48. The minimum Gasteiger partial charge on any atom is -0.496 e. The number of ether oxygens (including phenoxy) is 3. The number of aromatic carboxylic acids is 1. The van der Waals surface area contributed by atoms with E-state index in [4.69, 9.17) is 14.2 Å². The lowest BCUT2D eigenvalue weighted by Crippen LogP contribution is -2.32. The predicted octanol–water partition coefficient (Wildman–Crippen LogP) is 2.57. The van der Waals surface area contributed by atoms with Crippen LogP contribution in [0.25, 0.3) is 11.1 Å². The van der Waals surface area contributed by atoms with Gasteiger partial charge in [-0.2, -0.15) is 0 Å². The van der Waals surface area contributed by atoms with Crippen LogP contribution in [0.15, 0.2) is 35.3 Å². The van der Waals surface area contributed by atoms with Crippen LogP contribution in [0.3, 0.4) is 0 Å². The summed E-state index contributed by atoms with van der Waals surface area (Å²) in [4.78, 5) is 36.3. The number of carboxylic acids is 1. The van der Waals surface area contributed by atoms with Crippen molar-refractivity contribution in [1.82, 2.24) is 4.57 Å². The van der Waals surface area contributed by atoms with E-state index >= 15 is 0 Å². The van der Waals surface area contributed by atoms with Crippen LogP contribution in [-0.4, -0.2) is 41.4 Å². The first kappa shape index (κ1) is 21.0. The van der Waals surface area contributed by atoms with Crippen LogP contribution >= 0.6 is 0 Å². The molecule has 8 nitrogen and oxygen atoms in total. The van der Waals surface area contributed by atoms with Gasteiger partial charge in [-0.3, -0.25) is 9.59 Å². The van der Waals surface area contributed by atoms with E-state index in [1.807, 2.05) is 0 Å². The molecule has 0 aliphatic carbocycles. The number of carbonyl (C=O) groups is 2. The second kappa shape index (κ2) is 8.16. The summed E-state index contributed by atoms with van der Waals surface area (Å²) in [5.74, 6) is -1.20. The summed E-state index contributed by atoms with van der Waals surface area (Å²) in [5.41, 5.74) is -1.20. The number of pyridine rings is 1. The Morgan fingerprint density at radius 1 is 1.11 bits per heavy atom. The standard InChI is InChI=1S/C20H23NO7/c1-20(2,3)28-16(22)11-21-10-12(9-13(18(21)23)19(24)25)17-14(26-4)7-6-8-15(17)27-5/h6-10H,11H2,1-5H3,(H,24,25). The van der Waals surface area contributed by atoms with Gasteiger partial charge in [0.05, 0.1) is 19.8 Å². The summed E-state index contributed by atoms with van der Waals surface area (Å²) in [7, 11) is 2.93. The lowest BCUT2D eigenvalue weighted by molar-refractivity contribution is -0.155. The molecule has 0 aliphatic heterocycles. The van der Waals surface area contributed by atoms with Gasteiger partial charge in [0.1, 0.15) is 29.2 Å². The average molecular weight is 389 g/mol. The second-order valence-electron chi connectivity index (χ2n) is 7.00. The minimum absolute atomic E-state index is 0.356. The molecule has 150 valence electrons. The van der Waals surface area contributed by atoms with Crippen LogP contribution < -0.4 is 15.0 Å². The van der Waals surface area contributed by atoms with Crippen molar-refractivity contribution >= 4 is 11.9 Å². The van der Waals surface area contributed by atoms with Crippen LogP contribution in [0, 0.1) is 0 Å². The zero-order valence-corrected chi connectivity index (χ0v) is 16.4. The molecule has 28 heavy (non-hydrogen) atoms. The highest BCUT2D eigenvalue weighted by atomic mass is 16.6. The topological polar surface area (TPSA) is 104 Å². The van der Waals surface area contributed by atoms with Gasteiger partial charge in [-0.15, -0.1) is 0 Å². The summed E-state index contributed by atoms with van der Waals surface area (Å²) < 4.78 is 17.0. The van der Waals surface area contributed by atoms with Crippen molar-refractivity contribution < 1.29 is 28.9 Å². The highest BCUT2D eigenvalue weighted by Gasteiger charge is 2.22. The fraction of sp³-hybridized carbons (Fsp3) is 0.350. The van der Waals surface area contributed by atoms with Crippen molar-refractivity contribution in [2.24, 2.45) is 0 Å². The first-order valence-corrected chi connectivity index (χ1v) is 8.48. The maximum Gasteiger partial charge on any atom is 0.341 e. The van der Waals surface area contributed by atoms with Crippen molar-refractivity contribution in [3.8, 4) is 22.6 Å². The monoisotopic (exact) mass is 389 g/mol. The molecule has 0 saturated heterocycles. The SMILES string of the molecule is COc1cccc(OC)c1-c1cc(C(=O)O)c(=O)n(CC(=O)OC(C)(C)C)c1. The summed E-state index contributed by atoms with van der Waals surface area (Å²) in [6, 6.07) is 6.32. The molecule has 1 aromatic carbocycles. The molecule has 0 atom stereocenters. The molecule has 0 radical (unpaired) electrons. The number of rotatable bonds is 6. The van der Waals surface area contributed by atoms with Gasteiger partial charge < -0.3 is 23.9 Å². The molecule has 1 N–H and O–H groups in total. The Bertz CT molecular complexity index is 932. The van der Waals surface area contributed by atoms with E-state index in [9.17, 15) is 19.5 Å². The summed E-state index contributed by atoms with van der Waals surface area (Å²) in [6.07, 6.45) is 1.39. The van der Waals surface area contributed by atoms with E-state index in [-0.39, 0.29) is 0 Å². The second-order valence-corrected chi connectivity index (χ2v) is 7.00. The molecule has 0 fully saturated rings. The Labute approximate surface area is 162 Å². The fourth-order valence-electron chi connectivity index (χ4n) is 2.69. The molecule has 2 rings (SSSR count). The van der Waals surface area contributed by atoms with Crippen LogP contribution in [0.1, 0.15) is 31.1 Å². The van der Waals surface area contributed by atoms with Gasteiger partial charge in [0.2, 0.25) is 0 Å². The Morgan fingerprint density at radius 3 is 2.14 bits per heavy atom. The number of benzene rings is 1. The lowest BCUT2D eigenvalue weighted by Gasteiger charge is -2.20. The predicted molar refractivity (Wildman–Crippen MR) is 102 cm³/mol. The Hall–Kier alpha value is -3.29. The summed E-state index contributed by atoms with van der Waals surface area (Å²) >= 11 is 0. The van der Waals surface area contributed by atoms with Crippen molar-refractivity contribution in [2.75, 3.05) is 14.2 Å². The zero-order chi connectivity index (χ0) is 21.1. The van der Waals surface area contributed by atoms with Gasteiger partial charge in [-0.1, -0.05) is 6.07 Å². The molecule has 0 spiro atoms. The first-order chi connectivity index (χ1) is 13.1. The lowest BCUT2D eigenvalue weighted by atomic mass is 10.0. The van der Waals surface area contributed by atoms with E-state index < -0.39 is 35.2 Å². The summed E-state index contributed by atoms with van der Waals surface area (Å²) in [6.45, 7) is 4.67. The highest BCUT2D eigenvalue weighted by molar-refractivity contribution is 5.90. The molecule has 0 saturated carbocycles. The number of methoxy groups -OCH3 is 2. The quantitative estimate of drug-likeness (QED) is 0.757. The van der Waals surface area contributed by atoms with Crippen LogP contribution in [0.5, 0.6) is 11.5 Å². The molecule has 0 bridgehead atoms. The molecule has 0 aliphatic rings. The average Bonchev–Trinajstić information content (AvgIpc) is 2.60. The van der Waals surface area contributed by atoms with Crippen molar-refractivity contribution in [3.63, 3.8) is 0 Å². The molecular formula is C20H23NO7. The third-order valence-corrected chi connectivity index (χ3v) is 3.75. The van der Waals surface area contributed by atoms with E-state index in [0.29, 0.717) is 22.6 Å². The normalized spacial score (nSPS) is 11.0. The molecule has 8 heteroatoms. The smallest absolute Gasteiger partial charge is 0.341 e. The van der Waals surface area contributed by atoms with Gasteiger partial charge in [0.25, 0.3) is 5.56 Å². The molecular weight excluding hydrogens is 366 g/mol. The van der Waals surface area contributed by atoms with Gasteiger partial charge in [-0.25, -0.2) is 4.79 Å². The number of aromatic nitrogens is 1. The van der Waals surface area contributed by atoms with Crippen molar-refractivity contribution in [2.45, 2.75) is 32.9 Å². The van der Waals surface area contributed by atoms with Gasteiger partial charge >= 0.3 is 11.9 Å². The van der Waals surface area contributed by atoms with Crippen LogP contribution in [0.4, 0.5) is 0 Å². The maximum absolute atomic E-state index is 12.5. The highest BCUT2D eigenvalue weighted by Crippen LogP contribution is 2.38. The third kappa shape index (κ3) is 4.70. The molecule has 0 amide bonds. The van der Waals surface area contributed by atoms with Gasteiger partial charge in [0.15, 0.2) is 0 Å². The molecule has 1 aromatic heterocycles. The third-order valence-electron chi connectivity index (χ3n) is 3.75. The molecule has 1 heterocycles. The maximum atomic E-state index is 12.5. The van der Waals surface area contributed by atoms with Crippen LogP contribution in [0.2, 0.25) is 0 Å². The Balaban J connectivity index is 2.65. The minimum atomic E-state index is -1.40. The molecule has 0 unspecified atom stereocenters. The van der Waals surface area contributed by atoms with Crippen molar-refractivity contribution in [3.05, 3.63) is 46.4 Å². The largest absolute Gasteiger partial charge is 0.496 e. The number of carboxylic acid groups (broad SMARTS) is 1. The van der Waals surface area contributed by atoms with Crippen LogP contribution in [-0.2, 0) is 16.1 Å². The van der Waals surface area contributed by atoms with E-state index in [0.717, 1.165) is 4.57 Å². The zero-order valence-electron chi connectivity index (χ0n) is 16.4. The fourth-order valence-corrected chi connectivity index (χ4v) is 2.69. The summed E-state index contributed by atoms with van der Waals surface area (Å²) in [5, 5.41) is 9.44. The van der Waals surface area contributed by atoms with Gasteiger partial charge in [0, 0.05) is 11.8 Å². The Morgan fingerprint density at radius 2 is 1.68 bits per heavy atom. The van der Waals surface area contributed by atoms with Crippen molar-refractivity contribution in [1.29, 1.82) is 0 Å².